The van der Waals surface area contributed by atoms with Crippen LogP contribution < -0.4 is 5.32 Å². The van der Waals surface area contributed by atoms with E-state index in [1.165, 1.54) is 0 Å². The molecule has 1 heterocycles. The average molecular weight is 408 g/mol. The van der Waals surface area contributed by atoms with Crippen molar-refractivity contribution in [1.82, 2.24) is 4.90 Å². The van der Waals surface area contributed by atoms with Gasteiger partial charge in [0.05, 0.1) is 11.1 Å². The molecule has 0 radical (unpaired) electrons. The third kappa shape index (κ3) is 4.25. The van der Waals surface area contributed by atoms with Gasteiger partial charge in [-0.15, -0.1) is 0 Å². The van der Waals surface area contributed by atoms with E-state index >= 15 is 0 Å². The van der Waals surface area contributed by atoms with E-state index < -0.39 is 36.3 Å². The second kappa shape index (κ2) is 8.90. The third-order valence-corrected chi connectivity index (χ3v) is 5.21. The van der Waals surface area contributed by atoms with Gasteiger partial charge in [-0.25, -0.2) is 4.79 Å². The number of hydrogen-bond acceptors (Lipinski definition) is 5. The minimum absolute atomic E-state index is 0.265. The van der Waals surface area contributed by atoms with Gasteiger partial charge in [0.25, 0.3) is 17.7 Å². The predicted molar refractivity (Wildman–Crippen MR) is 111 cm³/mol. The number of rotatable bonds is 7. The average Bonchev–Trinajstić information content (AvgIpc) is 2.99. The summed E-state index contributed by atoms with van der Waals surface area (Å²) in [5, 5.41) is 2.64. The van der Waals surface area contributed by atoms with Crippen molar-refractivity contribution in [2.75, 3.05) is 11.9 Å². The standard InChI is InChI=1S/C23H24N2O5/c1-4-15(3)20(25-21(27)17-7-5-6-8-18(17)22(25)28)23(29)30-13-19(26)24-16-11-9-14(2)10-12-16/h5-12,15,20H,4,13H2,1-3H3,(H,24,26)/t15-,20-/m0/s1. The number of benzene rings is 2. The summed E-state index contributed by atoms with van der Waals surface area (Å²) in [6.45, 7) is 5.04. The molecule has 0 saturated carbocycles. The summed E-state index contributed by atoms with van der Waals surface area (Å²) in [5.74, 6) is -2.67. The van der Waals surface area contributed by atoms with Crippen molar-refractivity contribution in [2.24, 2.45) is 5.92 Å². The van der Waals surface area contributed by atoms with E-state index in [0.717, 1.165) is 10.5 Å². The van der Waals surface area contributed by atoms with Crippen LogP contribution in [0, 0.1) is 12.8 Å². The molecule has 1 N–H and O–H groups in total. The highest BCUT2D eigenvalue weighted by molar-refractivity contribution is 6.22. The molecule has 7 nitrogen and oxygen atoms in total. The SMILES string of the molecule is CC[C@H](C)[C@@H](C(=O)OCC(=O)Nc1ccc(C)cc1)N1C(=O)c2ccccc2C1=O. The molecule has 30 heavy (non-hydrogen) atoms. The van der Waals surface area contributed by atoms with Crippen molar-refractivity contribution in [2.45, 2.75) is 33.2 Å². The highest BCUT2D eigenvalue weighted by Crippen LogP contribution is 2.28. The van der Waals surface area contributed by atoms with Crippen molar-refractivity contribution in [1.29, 1.82) is 0 Å². The molecule has 1 aliphatic rings. The Kier molecular flexibility index (Phi) is 6.30. The molecular formula is C23H24N2O5. The Bertz CT molecular complexity index is 948. The molecule has 2 aromatic carbocycles. The summed E-state index contributed by atoms with van der Waals surface area (Å²) in [7, 11) is 0. The molecule has 0 bridgehead atoms. The molecule has 2 aromatic rings. The lowest BCUT2D eigenvalue weighted by atomic mass is 9.97. The van der Waals surface area contributed by atoms with Gasteiger partial charge >= 0.3 is 5.97 Å². The van der Waals surface area contributed by atoms with Crippen molar-refractivity contribution in [3.8, 4) is 0 Å². The van der Waals surface area contributed by atoms with Crippen LogP contribution in [0.15, 0.2) is 48.5 Å². The quantitative estimate of drug-likeness (QED) is 0.561. The van der Waals surface area contributed by atoms with Gasteiger partial charge in [0.15, 0.2) is 6.61 Å². The van der Waals surface area contributed by atoms with Gasteiger partial charge in [0, 0.05) is 5.69 Å². The topological polar surface area (TPSA) is 92.8 Å². The number of hydrogen-bond donors (Lipinski definition) is 1. The molecule has 3 amide bonds. The van der Waals surface area contributed by atoms with E-state index in [9.17, 15) is 19.2 Å². The molecule has 2 atom stereocenters. The predicted octanol–water partition coefficient (Wildman–Crippen LogP) is 3.19. The summed E-state index contributed by atoms with van der Waals surface area (Å²) in [6, 6.07) is 12.5. The Morgan fingerprint density at radius 1 is 1.00 bits per heavy atom. The summed E-state index contributed by atoms with van der Waals surface area (Å²) in [5.41, 5.74) is 2.17. The number of carbonyl (C=O) groups excluding carboxylic acids is 4. The molecular weight excluding hydrogens is 384 g/mol. The zero-order chi connectivity index (χ0) is 21.8. The molecule has 0 aromatic heterocycles. The van der Waals surface area contributed by atoms with Crippen LogP contribution in [-0.4, -0.2) is 41.2 Å². The number of esters is 1. The number of nitrogens with zero attached hydrogens (tertiary/aromatic N) is 1. The van der Waals surface area contributed by atoms with E-state index in [1.807, 2.05) is 26.0 Å². The van der Waals surface area contributed by atoms with E-state index in [-0.39, 0.29) is 17.0 Å². The first-order valence-electron chi connectivity index (χ1n) is 9.83. The summed E-state index contributed by atoms with van der Waals surface area (Å²) in [4.78, 5) is 51.5. The van der Waals surface area contributed by atoms with Crippen LogP contribution in [-0.2, 0) is 14.3 Å². The monoisotopic (exact) mass is 408 g/mol. The number of anilines is 1. The summed E-state index contributed by atoms with van der Waals surface area (Å²) in [6.07, 6.45) is 0.544. The maximum absolute atomic E-state index is 12.8. The van der Waals surface area contributed by atoms with Gasteiger partial charge in [-0.05, 0) is 37.1 Å². The molecule has 1 aliphatic heterocycles. The van der Waals surface area contributed by atoms with Gasteiger partial charge in [-0.2, -0.15) is 0 Å². The van der Waals surface area contributed by atoms with Crippen molar-refractivity contribution in [3.63, 3.8) is 0 Å². The fourth-order valence-electron chi connectivity index (χ4n) is 3.33. The molecule has 156 valence electrons. The van der Waals surface area contributed by atoms with Crippen LogP contribution in [0.1, 0.15) is 46.5 Å². The highest BCUT2D eigenvalue weighted by Gasteiger charge is 2.45. The molecule has 0 aliphatic carbocycles. The smallest absolute Gasteiger partial charge is 0.330 e. The van der Waals surface area contributed by atoms with Crippen LogP contribution in [0.4, 0.5) is 5.69 Å². The normalized spacial score (nSPS) is 14.8. The molecule has 7 heteroatoms. The van der Waals surface area contributed by atoms with Gasteiger partial charge < -0.3 is 10.1 Å². The summed E-state index contributed by atoms with van der Waals surface area (Å²) >= 11 is 0. The molecule has 3 rings (SSSR count). The van der Waals surface area contributed by atoms with Crippen LogP contribution in [0.5, 0.6) is 0 Å². The highest BCUT2D eigenvalue weighted by atomic mass is 16.5. The second-order valence-electron chi connectivity index (χ2n) is 7.38. The Labute approximate surface area is 175 Å². The van der Waals surface area contributed by atoms with Gasteiger partial charge in [-0.3, -0.25) is 19.3 Å². The van der Waals surface area contributed by atoms with Crippen molar-refractivity contribution in [3.05, 3.63) is 65.2 Å². The fourth-order valence-corrected chi connectivity index (χ4v) is 3.33. The fraction of sp³-hybridized carbons (Fsp3) is 0.304. The first kappa shape index (κ1) is 21.2. The zero-order valence-corrected chi connectivity index (χ0v) is 17.2. The van der Waals surface area contributed by atoms with Crippen molar-refractivity contribution < 1.29 is 23.9 Å². The Morgan fingerprint density at radius 3 is 2.10 bits per heavy atom. The first-order chi connectivity index (χ1) is 14.3. The maximum atomic E-state index is 12.8. The minimum Gasteiger partial charge on any atom is -0.454 e. The Morgan fingerprint density at radius 2 is 1.57 bits per heavy atom. The van der Waals surface area contributed by atoms with E-state index in [4.69, 9.17) is 4.74 Å². The Balaban J connectivity index is 1.71. The summed E-state index contributed by atoms with van der Waals surface area (Å²) < 4.78 is 5.20. The van der Waals surface area contributed by atoms with Gasteiger partial charge in [0.1, 0.15) is 6.04 Å². The molecule has 0 saturated heterocycles. The molecule has 0 spiro atoms. The lowest BCUT2D eigenvalue weighted by Gasteiger charge is -2.28. The number of nitrogens with one attached hydrogen (secondary N) is 1. The number of aryl methyl sites for hydroxylation is 1. The number of ether oxygens (including phenoxy) is 1. The van der Waals surface area contributed by atoms with Gasteiger partial charge in [0.2, 0.25) is 0 Å². The number of fused-ring (bicyclic) bond motifs is 1. The first-order valence-corrected chi connectivity index (χ1v) is 9.83. The minimum atomic E-state index is -1.10. The third-order valence-electron chi connectivity index (χ3n) is 5.21. The maximum Gasteiger partial charge on any atom is 0.330 e. The largest absolute Gasteiger partial charge is 0.454 e. The van der Waals surface area contributed by atoms with Crippen molar-refractivity contribution >= 4 is 29.4 Å². The second-order valence-corrected chi connectivity index (χ2v) is 7.38. The Hall–Kier alpha value is -3.48. The van der Waals surface area contributed by atoms with Crippen LogP contribution >= 0.6 is 0 Å². The van der Waals surface area contributed by atoms with Gasteiger partial charge in [-0.1, -0.05) is 50.1 Å². The number of amides is 3. The number of imide groups is 1. The van der Waals surface area contributed by atoms with Crippen LogP contribution in [0.2, 0.25) is 0 Å². The van der Waals surface area contributed by atoms with E-state index in [1.54, 1.807) is 43.3 Å². The van der Waals surface area contributed by atoms with E-state index in [0.29, 0.717) is 12.1 Å². The van der Waals surface area contributed by atoms with E-state index in [2.05, 4.69) is 5.32 Å². The molecule has 0 fully saturated rings. The van der Waals surface area contributed by atoms with Crippen LogP contribution in [0.3, 0.4) is 0 Å². The lowest BCUT2D eigenvalue weighted by Crippen LogP contribution is -2.49. The van der Waals surface area contributed by atoms with Crippen LogP contribution in [0.25, 0.3) is 0 Å². The lowest BCUT2D eigenvalue weighted by molar-refractivity contribution is -0.152. The zero-order valence-electron chi connectivity index (χ0n) is 17.2. The molecule has 0 unspecified atom stereocenters. The number of carbonyl (C=O) groups is 4.